The van der Waals surface area contributed by atoms with E-state index in [9.17, 15) is 4.79 Å². The molecule has 0 aromatic rings. The van der Waals surface area contributed by atoms with Gasteiger partial charge in [-0.15, -0.1) is 0 Å². The van der Waals surface area contributed by atoms with Crippen LogP contribution >= 0.6 is 0 Å². The minimum Gasteiger partial charge on any atom is -0.459 e. The number of carbonyl (C=O) groups excluding carboxylic acids is 1. The molecule has 1 saturated carbocycles. The van der Waals surface area contributed by atoms with Gasteiger partial charge in [-0.1, -0.05) is 31.9 Å². The summed E-state index contributed by atoms with van der Waals surface area (Å²) in [6.45, 7) is 12.5. The Hall–Kier alpha value is -0.950. The SMILES string of the molecule is CCC(C)CNCC(=O)O[C@@H]1CC[C@]2(CO2)[C@@H]([C@@]2(C)OC2CC=C(C)C)[C@@H]1OC. The van der Waals surface area contributed by atoms with E-state index in [1.54, 1.807) is 7.11 Å². The lowest BCUT2D eigenvalue weighted by molar-refractivity contribution is -0.170. The second-order valence-corrected chi connectivity index (χ2v) is 9.55. The molecule has 29 heavy (non-hydrogen) atoms. The van der Waals surface area contributed by atoms with Gasteiger partial charge >= 0.3 is 5.97 Å². The Kier molecular flexibility index (Phi) is 7.09. The molecule has 2 aliphatic heterocycles. The molecular weight excluding hydrogens is 370 g/mol. The molecule has 1 spiro atoms. The summed E-state index contributed by atoms with van der Waals surface area (Å²) in [6.07, 6.45) is 5.53. The summed E-state index contributed by atoms with van der Waals surface area (Å²) in [6, 6.07) is 0. The van der Waals surface area contributed by atoms with Crippen LogP contribution in [0.4, 0.5) is 0 Å². The fraction of sp³-hybridized carbons (Fsp3) is 0.870. The Morgan fingerprint density at radius 1 is 1.38 bits per heavy atom. The van der Waals surface area contributed by atoms with Crippen LogP contribution in [0.2, 0.25) is 0 Å². The average Bonchev–Trinajstić information content (AvgIpc) is 3.59. The molecular formula is C23H39NO5. The van der Waals surface area contributed by atoms with Crippen LogP contribution in [0.15, 0.2) is 11.6 Å². The third kappa shape index (κ3) is 5.04. The number of nitrogens with one attached hydrogen (secondary N) is 1. The van der Waals surface area contributed by atoms with Crippen LogP contribution in [0, 0.1) is 11.8 Å². The highest BCUT2D eigenvalue weighted by molar-refractivity contribution is 5.71. The summed E-state index contributed by atoms with van der Waals surface area (Å²) < 4.78 is 23.9. The van der Waals surface area contributed by atoms with E-state index >= 15 is 0 Å². The molecule has 3 rings (SSSR count). The maximum Gasteiger partial charge on any atom is 0.320 e. The van der Waals surface area contributed by atoms with Crippen molar-refractivity contribution in [3.8, 4) is 0 Å². The van der Waals surface area contributed by atoms with Gasteiger partial charge in [-0.3, -0.25) is 4.79 Å². The normalized spacial score (nSPS) is 39.1. The van der Waals surface area contributed by atoms with Gasteiger partial charge in [0.05, 0.1) is 25.2 Å². The monoisotopic (exact) mass is 409 g/mol. The second-order valence-electron chi connectivity index (χ2n) is 9.55. The van der Waals surface area contributed by atoms with Gasteiger partial charge in [-0.25, -0.2) is 0 Å². The lowest BCUT2D eigenvalue weighted by Crippen LogP contribution is -2.56. The van der Waals surface area contributed by atoms with Gasteiger partial charge in [-0.2, -0.15) is 0 Å². The number of esters is 1. The predicted molar refractivity (Wildman–Crippen MR) is 112 cm³/mol. The van der Waals surface area contributed by atoms with E-state index in [1.165, 1.54) is 5.57 Å². The molecule has 2 unspecified atom stereocenters. The lowest BCUT2D eigenvalue weighted by Gasteiger charge is -2.42. The number of rotatable bonds is 10. The van der Waals surface area contributed by atoms with Crippen molar-refractivity contribution in [1.29, 1.82) is 0 Å². The highest BCUT2D eigenvalue weighted by Crippen LogP contribution is 2.59. The first-order valence-electron chi connectivity index (χ1n) is 11.1. The van der Waals surface area contributed by atoms with Gasteiger partial charge in [-0.05, 0) is 52.5 Å². The molecule has 1 aliphatic carbocycles. The second kappa shape index (κ2) is 9.04. The first-order valence-corrected chi connectivity index (χ1v) is 11.1. The van der Waals surface area contributed by atoms with Gasteiger partial charge in [0.2, 0.25) is 0 Å². The van der Waals surface area contributed by atoms with E-state index in [2.05, 4.69) is 46.0 Å². The molecule has 0 aromatic heterocycles. The number of carbonyl (C=O) groups is 1. The van der Waals surface area contributed by atoms with Gasteiger partial charge in [0, 0.05) is 7.11 Å². The van der Waals surface area contributed by atoms with Crippen molar-refractivity contribution < 1.29 is 23.7 Å². The standard InChI is InChI=1S/C23H39NO5/c1-7-16(4)12-24-13-19(25)28-17-10-11-23(14-27-23)21(20(17)26-6)22(5)18(29-22)9-8-15(2)3/h8,16-18,20-21,24H,7,9-14H2,1-6H3/t16?,17-,18?,20-,21-,22+,23+/m1/s1. The molecule has 0 aromatic carbocycles. The van der Waals surface area contributed by atoms with E-state index in [0.717, 1.165) is 38.8 Å². The highest BCUT2D eigenvalue weighted by atomic mass is 16.6. The molecule has 0 radical (unpaired) electrons. The Balaban J connectivity index is 1.63. The molecule has 0 amide bonds. The first kappa shape index (κ1) is 22.7. The first-order chi connectivity index (χ1) is 13.8. The molecule has 7 atom stereocenters. The molecule has 2 saturated heterocycles. The molecule has 2 heterocycles. The molecule has 6 nitrogen and oxygen atoms in total. The van der Waals surface area contributed by atoms with Crippen molar-refractivity contribution >= 4 is 5.97 Å². The van der Waals surface area contributed by atoms with E-state index < -0.39 is 0 Å². The quantitative estimate of drug-likeness (QED) is 0.339. The summed E-state index contributed by atoms with van der Waals surface area (Å²) in [5.41, 5.74) is 0.805. The largest absolute Gasteiger partial charge is 0.459 e. The van der Waals surface area contributed by atoms with Crippen LogP contribution in [0.1, 0.15) is 60.3 Å². The topological polar surface area (TPSA) is 72.6 Å². The van der Waals surface area contributed by atoms with Crippen molar-refractivity contribution in [2.24, 2.45) is 11.8 Å². The number of allylic oxidation sites excluding steroid dienone is 1. The van der Waals surface area contributed by atoms with Crippen LogP contribution in [0.5, 0.6) is 0 Å². The Morgan fingerprint density at radius 3 is 2.69 bits per heavy atom. The van der Waals surface area contributed by atoms with Crippen LogP contribution in [-0.2, 0) is 23.7 Å². The summed E-state index contributed by atoms with van der Waals surface area (Å²) in [7, 11) is 1.71. The minimum absolute atomic E-state index is 0.0650. The fourth-order valence-electron chi connectivity index (χ4n) is 4.85. The average molecular weight is 410 g/mol. The van der Waals surface area contributed by atoms with E-state index in [1.807, 2.05) is 0 Å². The summed E-state index contributed by atoms with van der Waals surface area (Å²) >= 11 is 0. The van der Waals surface area contributed by atoms with Crippen molar-refractivity contribution in [2.75, 3.05) is 26.8 Å². The molecule has 3 aliphatic rings. The van der Waals surface area contributed by atoms with Gasteiger partial charge in [0.1, 0.15) is 23.4 Å². The van der Waals surface area contributed by atoms with Crippen LogP contribution in [-0.4, -0.2) is 62.3 Å². The summed E-state index contributed by atoms with van der Waals surface area (Å²) in [4.78, 5) is 12.4. The maximum absolute atomic E-state index is 12.4. The highest BCUT2D eigenvalue weighted by Gasteiger charge is 2.72. The van der Waals surface area contributed by atoms with Crippen LogP contribution < -0.4 is 5.32 Å². The predicted octanol–water partition coefficient (Wildman–Crippen LogP) is 3.24. The van der Waals surface area contributed by atoms with E-state index in [-0.39, 0.29) is 47.9 Å². The third-order valence-electron chi connectivity index (χ3n) is 6.98. The zero-order valence-electron chi connectivity index (χ0n) is 19.0. The van der Waals surface area contributed by atoms with E-state index in [0.29, 0.717) is 5.92 Å². The van der Waals surface area contributed by atoms with Gasteiger partial charge < -0.3 is 24.3 Å². The Bertz CT molecular complexity index is 612. The zero-order chi connectivity index (χ0) is 21.2. The van der Waals surface area contributed by atoms with Crippen molar-refractivity contribution in [3.05, 3.63) is 11.6 Å². The number of ether oxygens (including phenoxy) is 4. The number of hydrogen-bond acceptors (Lipinski definition) is 6. The van der Waals surface area contributed by atoms with Crippen LogP contribution in [0.3, 0.4) is 0 Å². The summed E-state index contributed by atoms with van der Waals surface area (Å²) in [5, 5.41) is 3.20. The molecule has 1 N–H and O–H groups in total. The Labute approximate surface area is 175 Å². The summed E-state index contributed by atoms with van der Waals surface area (Å²) in [5.74, 6) is 0.398. The number of epoxide rings is 2. The minimum atomic E-state index is -0.303. The van der Waals surface area contributed by atoms with Crippen molar-refractivity contribution in [1.82, 2.24) is 5.32 Å². The Morgan fingerprint density at radius 2 is 2.10 bits per heavy atom. The lowest BCUT2D eigenvalue weighted by atomic mass is 9.68. The number of methoxy groups -OCH3 is 1. The van der Waals surface area contributed by atoms with Gasteiger partial charge in [0.15, 0.2) is 0 Å². The van der Waals surface area contributed by atoms with E-state index in [4.69, 9.17) is 18.9 Å². The molecule has 3 fully saturated rings. The van der Waals surface area contributed by atoms with Gasteiger partial charge in [0.25, 0.3) is 0 Å². The molecule has 166 valence electrons. The smallest absolute Gasteiger partial charge is 0.320 e. The zero-order valence-corrected chi connectivity index (χ0v) is 19.0. The van der Waals surface area contributed by atoms with Crippen LogP contribution in [0.25, 0.3) is 0 Å². The molecule has 6 heteroatoms. The third-order valence-corrected chi connectivity index (χ3v) is 6.98. The van der Waals surface area contributed by atoms with Crippen molar-refractivity contribution in [3.63, 3.8) is 0 Å². The fourth-order valence-corrected chi connectivity index (χ4v) is 4.85. The molecule has 0 bridgehead atoms. The van der Waals surface area contributed by atoms with Crippen molar-refractivity contribution in [2.45, 2.75) is 89.8 Å². The maximum atomic E-state index is 12.4. The number of hydrogen-bond donors (Lipinski definition) is 1.